The summed E-state index contributed by atoms with van der Waals surface area (Å²) in [6.45, 7) is 13.4. The molecule has 0 radical (unpaired) electrons. The van der Waals surface area contributed by atoms with Crippen molar-refractivity contribution < 1.29 is 0 Å². The molecule has 0 unspecified atom stereocenters. The number of halogens is 1. The van der Waals surface area contributed by atoms with E-state index in [9.17, 15) is 0 Å². The fraction of sp³-hybridized carbons (Fsp3) is 0.611. The van der Waals surface area contributed by atoms with Crippen molar-refractivity contribution in [3.63, 3.8) is 0 Å². The summed E-state index contributed by atoms with van der Waals surface area (Å²) >= 11 is 5.84. The fourth-order valence-corrected chi connectivity index (χ4v) is 3.21. The van der Waals surface area contributed by atoms with Crippen LogP contribution in [0.5, 0.6) is 0 Å². The second kappa shape index (κ2) is 6.81. The predicted molar refractivity (Wildman–Crippen MR) is 90.6 cm³/mol. The van der Waals surface area contributed by atoms with Crippen LogP contribution < -0.4 is 5.32 Å². The van der Waals surface area contributed by atoms with Crippen molar-refractivity contribution in [1.29, 1.82) is 5.26 Å². The highest BCUT2D eigenvalue weighted by atomic mass is 35.5. The molecular formula is C18H27ClN2. The molecule has 2 rings (SSSR count). The first kappa shape index (κ1) is 18.0. The third-order valence-corrected chi connectivity index (χ3v) is 4.81. The van der Waals surface area contributed by atoms with Crippen LogP contribution in [0.2, 0.25) is 5.02 Å². The molecule has 116 valence electrons. The smallest absolute Gasteiger partial charge is 0.101 e. The first-order chi connectivity index (χ1) is 9.64. The molecule has 1 aliphatic heterocycles. The molecule has 0 amide bonds. The van der Waals surface area contributed by atoms with E-state index in [1.165, 1.54) is 5.56 Å². The van der Waals surface area contributed by atoms with Gasteiger partial charge in [0.25, 0.3) is 0 Å². The summed E-state index contributed by atoms with van der Waals surface area (Å²) in [5.74, 6) is 0.782. The molecule has 21 heavy (non-hydrogen) atoms. The minimum Gasteiger partial charge on any atom is -0.306 e. The Morgan fingerprint density at radius 2 is 1.81 bits per heavy atom. The highest BCUT2D eigenvalue weighted by molar-refractivity contribution is 6.31. The van der Waals surface area contributed by atoms with E-state index in [0.29, 0.717) is 21.7 Å². The van der Waals surface area contributed by atoms with E-state index in [4.69, 9.17) is 16.9 Å². The standard InChI is InChI=1S/C10H10ClN.C8H17N/c1-2-3-8-4-5-9(7-12)10(11)6-8;1-6-7(2,3)9-8(6,4)5/h4-6H,2-3H2,1H3;6,9H,1-5H3. The van der Waals surface area contributed by atoms with Gasteiger partial charge in [0, 0.05) is 11.1 Å². The summed E-state index contributed by atoms with van der Waals surface area (Å²) in [5.41, 5.74) is 2.48. The third-order valence-electron chi connectivity index (χ3n) is 4.50. The lowest BCUT2D eigenvalue weighted by atomic mass is 9.66. The maximum atomic E-state index is 8.60. The number of nitrogens with zero attached hydrogens (tertiary/aromatic N) is 1. The lowest BCUT2D eigenvalue weighted by Gasteiger charge is -2.57. The second-order valence-electron chi connectivity index (χ2n) is 6.97. The molecule has 1 aromatic rings. The van der Waals surface area contributed by atoms with Crippen LogP contribution in [0.1, 0.15) is 59.1 Å². The van der Waals surface area contributed by atoms with Crippen LogP contribution in [-0.4, -0.2) is 11.1 Å². The van der Waals surface area contributed by atoms with Crippen LogP contribution >= 0.6 is 11.6 Å². The van der Waals surface area contributed by atoms with Crippen LogP contribution in [0.25, 0.3) is 0 Å². The van der Waals surface area contributed by atoms with Crippen molar-refractivity contribution in [3.05, 3.63) is 34.3 Å². The number of aryl methyl sites for hydroxylation is 1. The van der Waals surface area contributed by atoms with Crippen molar-refractivity contribution in [2.75, 3.05) is 0 Å². The van der Waals surface area contributed by atoms with Gasteiger partial charge in [0.2, 0.25) is 0 Å². The van der Waals surface area contributed by atoms with Gasteiger partial charge in [-0.25, -0.2) is 0 Å². The minimum absolute atomic E-state index is 0.365. The molecule has 1 fully saturated rings. The van der Waals surface area contributed by atoms with Gasteiger partial charge in [0.1, 0.15) is 6.07 Å². The molecule has 1 heterocycles. The fourth-order valence-electron chi connectivity index (χ4n) is 2.96. The third kappa shape index (κ3) is 4.46. The average molecular weight is 307 g/mol. The van der Waals surface area contributed by atoms with Gasteiger partial charge >= 0.3 is 0 Å². The SMILES string of the molecule is CC1C(C)(C)NC1(C)C.CCCc1ccc(C#N)c(Cl)c1. The van der Waals surface area contributed by atoms with Crippen LogP contribution in [0, 0.1) is 17.2 Å². The van der Waals surface area contributed by atoms with Gasteiger partial charge in [-0.3, -0.25) is 0 Å². The van der Waals surface area contributed by atoms with Crippen LogP contribution in [-0.2, 0) is 6.42 Å². The average Bonchev–Trinajstić information content (AvgIpc) is 2.38. The van der Waals surface area contributed by atoms with E-state index in [1.807, 2.05) is 18.2 Å². The number of hydrogen-bond donors (Lipinski definition) is 1. The normalized spacial score (nSPS) is 19.0. The van der Waals surface area contributed by atoms with Gasteiger partial charge in [-0.05, 0) is 57.7 Å². The Hall–Kier alpha value is -1.04. The molecule has 1 saturated heterocycles. The topological polar surface area (TPSA) is 35.8 Å². The molecule has 0 aliphatic carbocycles. The Labute approximate surface area is 134 Å². The Morgan fingerprint density at radius 1 is 1.24 bits per heavy atom. The summed E-state index contributed by atoms with van der Waals surface area (Å²) < 4.78 is 0. The van der Waals surface area contributed by atoms with Crippen LogP contribution in [0.3, 0.4) is 0 Å². The van der Waals surface area contributed by atoms with Gasteiger partial charge in [0.15, 0.2) is 0 Å². The number of nitrogens with one attached hydrogen (secondary N) is 1. The van der Waals surface area contributed by atoms with Crippen molar-refractivity contribution in [2.45, 2.75) is 65.5 Å². The highest BCUT2D eigenvalue weighted by Gasteiger charge is 2.48. The summed E-state index contributed by atoms with van der Waals surface area (Å²) in [7, 11) is 0. The number of nitriles is 1. The Bertz CT molecular complexity index is 513. The Morgan fingerprint density at radius 3 is 2.10 bits per heavy atom. The number of rotatable bonds is 2. The van der Waals surface area contributed by atoms with E-state index in [-0.39, 0.29) is 0 Å². The lowest BCUT2D eigenvalue weighted by Crippen LogP contribution is -2.73. The molecule has 0 spiro atoms. The lowest BCUT2D eigenvalue weighted by molar-refractivity contribution is 0.0139. The van der Waals surface area contributed by atoms with Gasteiger partial charge in [-0.15, -0.1) is 0 Å². The summed E-state index contributed by atoms with van der Waals surface area (Å²) in [6, 6.07) is 7.62. The zero-order valence-electron chi connectivity index (χ0n) is 14.0. The molecule has 0 saturated carbocycles. The first-order valence-corrected chi connectivity index (χ1v) is 7.99. The quantitative estimate of drug-likeness (QED) is 0.839. The summed E-state index contributed by atoms with van der Waals surface area (Å²) in [5, 5.41) is 12.7. The van der Waals surface area contributed by atoms with E-state index in [0.717, 1.165) is 18.8 Å². The Kier molecular flexibility index (Phi) is 5.84. The van der Waals surface area contributed by atoms with Gasteiger partial charge < -0.3 is 5.32 Å². The summed E-state index contributed by atoms with van der Waals surface area (Å²) in [4.78, 5) is 0. The predicted octanol–water partition coefficient (Wildman–Crippen LogP) is 4.95. The molecular weight excluding hydrogens is 280 g/mol. The molecule has 3 heteroatoms. The largest absolute Gasteiger partial charge is 0.306 e. The van der Waals surface area contributed by atoms with Gasteiger partial charge in [0.05, 0.1) is 10.6 Å². The van der Waals surface area contributed by atoms with E-state index in [1.54, 1.807) is 6.07 Å². The molecule has 1 aromatic carbocycles. The van der Waals surface area contributed by atoms with E-state index >= 15 is 0 Å². The van der Waals surface area contributed by atoms with Crippen molar-refractivity contribution in [3.8, 4) is 6.07 Å². The number of benzene rings is 1. The Balaban J connectivity index is 0.000000219. The van der Waals surface area contributed by atoms with E-state index in [2.05, 4.69) is 46.9 Å². The molecule has 1 aliphatic rings. The second-order valence-corrected chi connectivity index (χ2v) is 7.37. The molecule has 0 aromatic heterocycles. The van der Waals surface area contributed by atoms with Crippen molar-refractivity contribution in [1.82, 2.24) is 5.32 Å². The van der Waals surface area contributed by atoms with Gasteiger partial charge in [-0.1, -0.05) is 37.9 Å². The first-order valence-electron chi connectivity index (χ1n) is 7.62. The van der Waals surface area contributed by atoms with Gasteiger partial charge in [-0.2, -0.15) is 5.26 Å². The zero-order chi connectivity index (χ0) is 16.3. The van der Waals surface area contributed by atoms with Crippen molar-refractivity contribution >= 4 is 11.6 Å². The molecule has 0 atom stereocenters. The molecule has 0 bridgehead atoms. The minimum atomic E-state index is 0.365. The maximum absolute atomic E-state index is 8.60. The molecule has 1 N–H and O–H groups in total. The maximum Gasteiger partial charge on any atom is 0.101 e. The molecule has 2 nitrogen and oxygen atoms in total. The monoisotopic (exact) mass is 306 g/mol. The zero-order valence-corrected chi connectivity index (χ0v) is 14.8. The number of hydrogen-bond acceptors (Lipinski definition) is 2. The van der Waals surface area contributed by atoms with E-state index < -0.39 is 0 Å². The van der Waals surface area contributed by atoms with Crippen molar-refractivity contribution in [2.24, 2.45) is 5.92 Å². The van der Waals surface area contributed by atoms with Crippen LogP contribution in [0.4, 0.5) is 0 Å². The highest BCUT2D eigenvalue weighted by Crippen LogP contribution is 2.38. The summed E-state index contributed by atoms with van der Waals surface area (Å²) in [6.07, 6.45) is 2.12. The van der Waals surface area contributed by atoms with Crippen LogP contribution in [0.15, 0.2) is 18.2 Å².